The van der Waals surface area contributed by atoms with Crippen molar-refractivity contribution in [1.29, 1.82) is 5.26 Å². The quantitative estimate of drug-likeness (QED) is 0.571. The molecular formula is C7H10N2O2. The summed E-state index contributed by atoms with van der Waals surface area (Å²) in [6, 6.07) is 1.84. The number of hydrogen-bond acceptors (Lipinski definition) is 3. The lowest BCUT2D eigenvalue weighted by molar-refractivity contribution is -0.140. The maximum Gasteiger partial charge on any atom is 0.327 e. The Morgan fingerprint density at radius 2 is 2.45 bits per heavy atom. The van der Waals surface area contributed by atoms with E-state index in [1.54, 1.807) is 0 Å². The molecule has 0 fully saturated rings. The van der Waals surface area contributed by atoms with Crippen LogP contribution in [0.25, 0.3) is 0 Å². The third-order valence-electron chi connectivity index (χ3n) is 1.13. The van der Waals surface area contributed by atoms with Crippen LogP contribution in [0.4, 0.5) is 0 Å². The highest BCUT2D eigenvalue weighted by Crippen LogP contribution is 2.01. The highest BCUT2D eigenvalue weighted by molar-refractivity contribution is 5.80. The molecule has 0 aromatic rings. The molecule has 11 heavy (non-hydrogen) atoms. The summed E-state index contributed by atoms with van der Waals surface area (Å²) in [6.45, 7) is 1.36. The van der Waals surface area contributed by atoms with E-state index >= 15 is 0 Å². The molecule has 0 aliphatic heterocycles. The van der Waals surface area contributed by atoms with E-state index in [4.69, 9.17) is 16.1 Å². The van der Waals surface area contributed by atoms with E-state index in [1.165, 1.54) is 19.1 Å². The monoisotopic (exact) mass is 154 g/mol. The standard InChI is InChI=1S/C7H10N2O2/c1-7(9,6(10)11)4-2-3-5-8/h2,4H,3,9H2,1H3,(H,10,11)/b4-2+. The molecular weight excluding hydrogens is 144 g/mol. The zero-order valence-corrected chi connectivity index (χ0v) is 6.24. The molecule has 0 radical (unpaired) electrons. The molecule has 0 heterocycles. The van der Waals surface area contributed by atoms with E-state index < -0.39 is 11.5 Å². The fraction of sp³-hybridized carbons (Fsp3) is 0.429. The summed E-state index contributed by atoms with van der Waals surface area (Å²) >= 11 is 0. The van der Waals surface area contributed by atoms with Crippen LogP contribution in [0.5, 0.6) is 0 Å². The maximum atomic E-state index is 10.4. The van der Waals surface area contributed by atoms with Crippen LogP contribution < -0.4 is 5.73 Å². The first kappa shape index (κ1) is 9.66. The fourth-order valence-corrected chi connectivity index (χ4v) is 0.428. The smallest absolute Gasteiger partial charge is 0.327 e. The summed E-state index contributed by atoms with van der Waals surface area (Å²) in [7, 11) is 0. The van der Waals surface area contributed by atoms with E-state index in [1.807, 2.05) is 6.07 Å². The van der Waals surface area contributed by atoms with Gasteiger partial charge in [0.25, 0.3) is 0 Å². The van der Waals surface area contributed by atoms with Crippen LogP contribution in [0, 0.1) is 11.3 Å². The lowest BCUT2D eigenvalue weighted by atomic mass is 10.0. The average molecular weight is 154 g/mol. The number of nitriles is 1. The maximum absolute atomic E-state index is 10.4. The number of nitrogens with zero attached hydrogens (tertiary/aromatic N) is 1. The first-order chi connectivity index (χ1) is 5.00. The molecule has 0 rings (SSSR count). The molecule has 4 nitrogen and oxygen atoms in total. The van der Waals surface area contributed by atoms with Gasteiger partial charge in [0, 0.05) is 0 Å². The van der Waals surface area contributed by atoms with Crippen LogP contribution in [0.15, 0.2) is 12.2 Å². The van der Waals surface area contributed by atoms with Crippen molar-refractivity contribution in [2.24, 2.45) is 5.73 Å². The lowest BCUT2D eigenvalue weighted by Gasteiger charge is -2.12. The Hall–Kier alpha value is -1.34. The first-order valence-corrected chi connectivity index (χ1v) is 3.07. The van der Waals surface area contributed by atoms with Crippen molar-refractivity contribution in [2.75, 3.05) is 0 Å². The van der Waals surface area contributed by atoms with Gasteiger partial charge in [0.05, 0.1) is 12.5 Å². The van der Waals surface area contributed by atoms with Gasteiger partial charge in [0.15, 0.2) is 0 Å². The molecule has 0 amide bonds. The number of allylic oxidation sites excluding steroid dienone is 1. The first-order valence-electron chi connectivity index (χ1n) is 3.07. The summed E-state index contributed by atoms with van der Waals surface area (Å²) in [5.41, 5.74) is 3.94. The second-order valence-electron chi connectivity index (χ2n) is 2.35. The van der Waals surface area contributed by atoms with Gasteiger partial charge in [-0.1, -0.05) is 12.2 Å². The molecule has 0 aromatic heterocycles. The Kier molecular flexibility index (Phi) is 3.28. The molecule has 0 saturated carbocycles. The molecule has 0 saturated heterocycles. The zero-order chi connectivity index (χ0) is 8.91. The van der Waals surface area contributed by atoms with Crippen molar-refractivity contribution in [1.82, 2.24) is 0 Å². The predicted octanol–water partition coefficient (Wildman–Crippen LogP) is 0.258. The summed E-state index contributed by atoms with van der Waals surface area (Å²) in [5.74, 6) is -1.10. The number of carboxylic acids is 1. The minimum absolute atomic E-state index is 0.181. The third kappa shape index (κ3) is 3.38. The molecule has 0 bridgehead atoms. The molecule has 1 unspecified atom stereocenters. The van der Waals surface area contributed by atoms with E-state index in [0.717, 1.165) is 0 Å². The molecule has 0 aliphatic carbocycles. The SMILES string of the molecule is CC(N)(/C=C/CC#N)C(=O)O. The molecule has 4 heteroatoms. The Morgan fingerprint density at radius 3 is 2.82 bits per heavy atom. The van der Waals surface area contributed by atoms with E-state index in [-0.39, 0.29) is 6.42 Å². The predicted molar refractivity (Wildman–Crippen MR) is 39.6 cm³/mol. The van der Waals surface area contributed by atoms with Gasteiger partial charge in [-0.2, -0.15) is 5.26 Å². The van der Waals surface area contributed by atoms with Gasteiger partial charge in [0.2, 0.25) is 0 Å². The Bertz CT molecular complexity index is 213. The second kappa shape index (κ2) is 3.74. The van der Waals surface area contributed by atoms with Gasteiger partial charge in [0.1, 0.15) is 5.54 Å². The highest BCUT2D eigenvalue weighted by Gasteiger charge is 2.23. The van der Waals surface area contributed by atoms with Crippen LogP contribution in [0.1, 0.15) is 13.3 Å². The van der Waals surface area contributed by atoms with Crippen LogP contribution in [0.2, 0.25) is 0 Å². The molecule has 3 N–H and O–H groups in total. The fourth-order valence-electron chi connectivity index (χ4n) is 0.428. The summed E-state index contributed by atoms with van der Waals surface area (Å²) in [6.07, 6.45) is 2.92. The van der Waals surface area contributed by atoms with Crippen LogP contribution in [-0.2, 0) is 4.79 Å². The van der Waals surface area contributed by atoms with Crippen LogP contribution >= 0.6 is 0 Å². The molecule has 1 atom stereocenters. The van der Waals surface area contributed by atoms with Gasteiger partial charge in [-0.15, -0.1) is 0 Å². The second-order valence-corrected chi connectivity index (χ2v) is 2.35. The van der Waals surface area contributed by atoms with Crippen molar-refractivity contribution >= 4 is 5.97 Å². The normalized spacial score (nSPS) is 15.7. The zero-order valence-electron chi connectivity index (χ0n) is 6.24. The Labute approximate surface area is 64.9 Å². The summed E-state index contributed by atoms with van der Waals surface area (Å²) < 4.78 is 0. The number of rotatable bonds is 3. The molecule has 0 spiro atoms. The number of aliphatic carboxylic acids is 1. The molecule has 0 aromatic carbocycles. The number of nitrogens with two attached hydrogens (primary N) is 1. The van der Waals surface area contributed by atoms with Gasteiger partial charge in [-0.25, -0.2) is 4.79 Å². The van der Waals surface area contributed by atoms with Crippen molar-refractivity contribution in [3.8, 4) is 6.07 Å². The van der Waals surface area contributed by atoms with Crippen molar-refractivity contribution in [3.05, 3.63) is 12.2 Å². The largest absolute Gasteiger partial charge is 0.480 e. The van der Waals surface area contributed by atoms with Gasteiger partial charge in [-0.05, 0) is 6.92 Å². The van der Waals surface area contributed by atoms with Crippen molar-refractivity contribution < 1.29 is 9.90 Å². The van der Waals surface area contributed by atoms with Crippen molar-refractivity contribution in [2.45, 2.75) is 18.9 Å². The minimum atomic E-state index is -1.36. The van der Waals surface area contributed by atoms with Crippen LogP contribution in [-0.4, -0.2) is 16.6 Å². The topological polar surface area (TPSA) is 87.1 Å². The van der Waals surface area contributed by atoms with Gasteiger partial charge < -0.3 is 10.8 Å². The minimum Gasteiger partial charge on any atom is -0.480 e. The Balaban J connectivity index is 4.14. The van der Waals surface area contributed by atoms with Gasteiger partial charge in [-0.3, -0.25) is 0 Å². The highest BCUT2D eigenvalue weighted by atomic mass is 16.4. The summed E-state index contributed by atoms with van der Waals surface area (Å²) in [4.78, 5) is 10.4. The molecule has 60 valence electrons. The van der Waals surface area contributed by atoms with E-state index in [9.17, 15) is 4.79 Å². The summed E-state index contributed by atoms with van der Waals surface area (Å²) in [5, 5.41) is 16.6. The van der Waals surface area contributed by atoms with Crippen LogP contribution in [0.3, 0.4) is 0 Å². The van der Waals surface area contributed by atoms with Crippen molar-refractivity contribution in [3.63, 3.8) is 0 Å². The average Bonchev–Trinajstić information content (AvgIpc) is 1.88. The lowest BCUT2D eigenvalue weighted by Crippen LogP contribution is -2.42. The number of carboxylic acid groups (broad SMARTS) is 1. The van der Waals surface area contributed by atoms with Gasteiger partial charge >= 0.3 is 5.97 Å². The third-order valence-corrected chi connectivity index (χ3v) is 1.13. The molecule has 0 aliphatic rings. The Morgan fingerprint density at radius 1 is 1.91 bits per heavy atom. The van der Waals surface area contributed by atoms with E-state index in [2.05, 4.69) is 0 Å². The number of hydrogen-bond donors (Lipinski definition) is 2. The van der Waals surface area contributed by atoms with E-state index in [0.29, 0.717) is 0 Å². The number of carbonyl (C=O) groups is 1.